The predicted octanol–water partition coefficient (Wildman–Crippen LogP) is 6.30. The van der Waals surface area contributed by atoms with Gasteiger partial charge in [0.1, 0.15) is 17.2 Å². The molecule has 1 aliphatic rings. The number of anilines is 1. The van der Waals surface area contributed by atoms with Crippen molar-refractivity contribution in [2.45, 2.75) is 65.4 Å². The minimum absolute atomic E-state index is 0.438. The Morgan fingerprint density at radius 2 is 1.97 bits per heavy atom. The maximum atomic E-state index is 13.6. The average molecular weight is 462 g/mol. The summed E-state index contributed by atoms with van der Waals surface area (Å²) < 4.78 is 13.4. The number of allylic oxidation sites excluding steroid dienone is 1. The summed E-state index contributed by atoms with van der Waals surface area (Å²) in [4.78, 5) is 18.7. The number of rotatable bonds is 5. The van der Waals surface area contributed by atoms with Gasteiger partial charge in [-0.05, 0) is 89.3 Å². The molecular formula is C28H35N3O3. The van der Waals surface area contributed by atoms with Crippen molar-refractivity contribution in [2.75, 3.05) is 19.0 Å². The van der Waals surface area contributed by atoms with E-state index in [-0.39, 0.29) is 0 Å². The zero-order valence-corrected chi connectivity index (χ0v) is 21.3. The SMILES string of the molecule is C=CCC(C)(c1c(OC)cc(C)c2c1CCN2)c1nc2ccc(C)cc2n1C(=O)OC(C)(C)C. The van der Waals surface area contributed by atoms with Crippen LogP contribution in [0.3, 0.4) is 0 Å². The summed E-state index contributed by atoms with van der Waals surface area (Å²) >= 11 is 0. The fourth-order valence-electron chi connectivity index (χ4n) is 5.07. The molecule has 0 radical (unpaired) electrons. The molecule has 0 spiro atoms. The molecule has 0 bridgehead atoms. The molecule has 0 fully saturated rings. The molecule has 2 heterocycles. The van der Waals surface area contributed by atoms with Crippen LogP contribution in [0, 0.1) is 13.8 Å². The van der Waals surface area contributed by atoms with Crippen LogP contribution in [0.15, 0.2) is 36.9 Å². The number of ether oxygens (including phenoxy) is 2. The van der Waals surface area contributed by atoms with E-state index < -0.39 is 17.1 Å². The molecule has 6 nitrogen and oxygen atoms in total. The first kappa shape index (κ1) is 23.9. The van der Waals surface area contributed by atoms with Gasteiger partial charge in [-0.1, -0.05) is 12.1 Å². The second kappa shape index (κ2) is 8.49. The Morgan fingerprint density at radius 1 is 1.24 bits per heavy atom. The zero-order valence-electron chi connectivity index (χ0n) is 21.3. The Hall–Kier alpha value is -3.28. The molecule has 0 saturated carbocycles. The quantitative estimate of drug-likeness (QED) is 0.452. The van der Waals surface area contributed by atoms with Crippen LogP contribution in [0.4, 0.5) is 10.5 Å². The van der Waals surface area contributed by atoms with Crippen LogP contribution in [-0.4, -0.2) is 34.9 Å². The average Bonchev–Trinajstić information content (AvgIpc) is 3.37. The molecular weight excluding hydrogens is 426 g/mol. The molecule has 1 N–H and O–H groups in total. The van der Waals surface area contributed by atoms with Crippen LogP contribution >= 0.6 is 0 Å². The smallest absolute Gasteiger partial charge is 0.420 e. The van der Waals surface area contributed by atoms with Crippen molar-refractivity contribution >= 4 is 22.8 Å². The van der Waals surface area contributed by atoms with Crippen LogP contribution in [0.2, 0.25) is 0 Å². The number of hydrogen-bond donors (Lipinski definition) is 1. The van der Waals surface area contributed by atoms with E-state index in [9.17, 15) is 4.79 Å². The summed E-state index contributed by atoms with van der Waals surface area (Å²) in [6.07, 6.45) is 2.90. The second-order valence-electron chi connectivity index (χ2n) is 10.4. The van der Waals surface area contributed by atoms with Crippen molar-refractivity contribution in [1.82, 2.24) is 9.55 Å². The van der Waals surface area contributed by atoms with E-state index in [1.807, 2.05) is 52.0 Å². The maximum Gasteiger partial charge on any atom is 0.420 e. The summed E-state index contributed by atoms with van der Waals surface area (Å²) in [6.45, 7) is 16.8. The Balaban J connectivity index is 2.07. The van der Waals surface area contributed by atoms with Gasteiger partial charge >= 0.3 is 6.09 Å². The van der Waals surface area contributed by atoms with Gasteiger partial charge in [-0.3, -0.25) is 0 Å². The van der Waals surface area contributed by atoms with Gasteiger partial charge in [0.05, 0.1) is 23.6 Å². The van der Waals surface area contributed by atoms with Gasteiger partial charge < -0.3 is 14.8 Å². The van der Waals surface area contributed by atoms with Gasteiger partial charge in [-0.2, -0.15) is 0 Å². The lowest BCUT2D eigenvalue weighted by atomic mass is 9.74. The van der Waals surface area contributed by atoms with Crippen molar-refractivity contribution in [1.29, 1.82) is 0 Å². The third-order valence-electron chi connectivity index (χ3n) is 6.47. The third kappa shape index (κ3) is 3.95. The molecule has 3 aromatic rings. The lowest BCUT2D eigenvalue weighted by molar-refractivity contribution is 0.0534. The molecule has 180 valence electrons. The van der Waals surface area contributed by atoms with Crippen LogP contribution in [-0.2, 0) is 16.6 Å². The molecule has 6 heteroatoms. The summed E-state index contributed by atoms with van der Waals surface area (Å²) in [5, 5.41) is 3.53. The Morgan fingerprint density at radius 3 is 2.62 bits per heavy atom. The molecule has 2 aromatic carbocycles. The van der Waals surface area contributed by atoms with Gasteiger partial charge in [0, 0.05) is 17.8 Å². The summed E-state index contributed by atoms with van der Waals surface area (Å²) in [7, 11) is 1.70. The normalized spacial score (nSPS) is 14.9. The molecule has 1 aromatic heterocycles. The van der Waals surface area contributed by atoms with Crippen LogP contribution in [0.1, 0.15) is 62.2 Å². The van der Waals surface area contributed by atoms with Gasteiger partial charge in [0.15, 0.2) is 0 Å². The van der Waals surface area contributed by atoms with E-state index in [0.717, 1.165) is 52.1 Å². The van der Waals surface area contributed by atoms with E-state index in [4.69, 9.17) is 14.5 Å². The summed E-state index contributed by atoms with van der Waals surface area (Å²) in [5.74, 6) is 1.42. The van der Waals surface area contributed by atoms with E-state index in [1.54, 1.807) is 11.7 Å². The highest BCUT2D eigenvalue weighted by Gasteiger charge is 2.41. The molecule has 1 unspecified atom stereocenters. The molecule has 34 heavy (non-hydrogen) atoms. The fourth-order valence-corrected chi connectivity index (χ4v) is 5.07. The van der Waals surface area contributed by atoms with E-state index >= 15 is 0 Å². The first-order valence-electron chi connectivity index (χ1n) is 11.8. The number of carbonyl (C=O) groups is 1. The molecule has 1 atom stereocenters. The number of aromatic nitrogens is 2. The van der Waals surface area contributed by atoms with Gasteiger partial charge in [-0.15, -0.1) is 6.58 Å². The lowest BCUT2D eigenvalue weighted by Crippen LogP contribution is -2.34. The maximum absolute atomic E-state index is 13.6. The Kier molecular flexibility index (Phi) is 5.96. The summed E-state index contributed by atoms with van der Waals surface area (Å²) in [5.41, 5.74) is 5.75. The van der Waals surface area contributed by atoms with Gasteiger partial charge in [0.25, 0.3) is 0 Å². The van der Waals surface area contributed by atoms with Crippen molar-refractivity contribution in [2.24, 2.45) is 0 Å². The molecule has 0 saturated heterocycles. The zero-order chi connectivity index (χ0) is 24.8. The highest BCUT2D eigenvalue weighted by molar-refractivity contribution is 5.89. The van der Waals surface area contributed by atoms with Crippen molar-refractivity contribution in [3.63, 3.8) is 0 Å². The van der Waals surface area contributed by atoms with E-state index in [0.29, 0.717) is 12.2 Å². The van der Waals surface area contributed by atoms with Crippen LogP contribution in [0.5, 0.6) is 5.75 Å². The monoisotopic (exact) mass is 461 g/mol. The Labute approximate surface area is 202 Å². The minimum atomic E-state index is -0.680. The summed E-state index contributed by atoms with van der Waals surface area (Å²) in [6, 6.07) is 8.03. The Bertz CT molecular complexity index is 1280. The first-order valence-corrected chi connectivity index (χ1v) is 11.8. The van der Waals surface area contributed by atoms with Gasteiger partial charge in [-0.25, -0.2) is 14.3 Å². The first-order chi connectivity index (χ1) is 16.0. The van der Waals surface area contributed by atoms with Crippen molar-refractivity contribution in [3.05, 3.63) is 65.0 Å². The number of carbonyl (C=O) groups excluding carboxylic acids is 1. The van der Waals surface area contributed by atoms with Crippen molar-refractivity contribution in [3.8, 4) is 5.75 Å². The third-order valence-corrected chi connectivity index (χ3v) is 6.47. The van der Waals surface area contributed by atoms with Crippen LogP contribution < -0.4 is 10.1 Å². The number of aryl methyl sites for hydroxylation is 2. The molecule has 4 rings (SSSR count). The minimum Gasteiger partial charge on any atom is -0.496 e. The fraction of sp³-hybridized carbons (Fsp3) is 0.429. The molecule has 0 aliphatic carbocycles. The molecule has 0 amide bonds. The second-order valence-corrected chi connectivity index (χ2v) is 10.4. The lowest BCUT2D eigenvalue weighted by Gasteiger charge is -2.33. The standard InChI is InChI=1S/C28H35N3O3/c1-9-13-28(7,23-19-12-14-29-24(19)18(3)16-22(23)33-8)25-30-20-11-10-17(2)15-21(20)31(25)26(32)34-27(4,5)6/h9-11,15-16,29H,1,12-14H2,2-8H3. The molecule has 1 aliphatic heterocycles. The largest absolute Gasteiger partial charge is 0.496 e. The number of nitrogens with one attached hydrogen (secondary N) is 1. The number of nitrogens with zero attached hydrogens (tertiary/aromatic N) is 2. The number of imidazole rings is 1. The van der Waals surface area contributed by atoms with E-state index in [1.165, 1.54) is 5.56 Å². The highest BCUT2D eigenvalue weighted by atomic mass is 16.6. The number of benzene rings is 2. The van der Waals surface area contributed by atoms with Crippen molar-refractivity contribution < 1.29 is 14.3 Å². The number of fused-ring (bicyclic) bond motifs is 2. The number of hydrogen-bond acceptors (Lipinski definition) is 5. The van der Waals surface area contributed by atoms with E-state index in [2.05, 4.69) is 31.8 Å². The topological polar surface area (TPSA) is 65.4 Å². The predicted molar refractivity (Wildman–Crippen MR) is 137 cm³/mol. The van der Waals surface area contributed by atoms with Gasteiger partial charge in [0.2, 0.25) is 0 Å². The number of methoxy groups -OCH3 is 1. The van der Waals surface area contributed by atoms with Crippen LogP contribution in [0.25, 0.3) is 11.0 Å². The highest BCUT2D eigenvalue weighted by Crippen LogP contribution is 2.47.